The Hall–Kier alpha value is -3.05. The molecule has 0 radical (unpaired) electrons. The van der Waals surface area contributed by atoms with Crippen molar-refractivity contribution in [1.29, 1.82) is 0 Å². The molecule has 0 saturated carbocycles. The zero-order valence-corrected chi connectivity index (χ0v) is 15.1. The Morgan fingerprint density at radius 1 is 1.08 bits per heavy atom. The van der Waals surface area contributed by atoms with Crippen molar-refractivity contribution in [1.82, 2.24) is 14.9 Å². The number of benzene rings is 1. The summed E-state index contributed by atoms with van der Waals surface area (Å²) in [7, 11) is 1.82. The Labute approximate surface area is 155 Å². The summed E-state index contributed by atoms with van der Waals surface area (Å²) in [6.07, 6.45) is 3.48. The largest absolute Gasteiger partial charge is 0.337 e. The van der Waals surface area contributed by atoms with E-state index in [1.54, 1.807) is 28.6 Å². The average Bonchev–Trinajstić information content (AvgIpc) is 3.22. The summed E-state index contributed by atoms with van der Waals surface area (Å²) < 4.78 is 0. The van der Waals surface area contributed by atoms with Crippen LogP contribution in [0.2, 0.25) is 0 Å². The third kappa shape index (κ3) is 3.21. The second-order valence-corrected chi connectivity index (χ2v) is 7.01. The second kappa shape index (κ2) is 7.06. The molecule has 0 aliphatic carbocycles. The molecule has 128 valence electrons. The van der Waals surface area contributed by atoms with Crippen molar-refractivity contribution >= 4 is 28.1 Å². The Balaban J connectivity index is 1.75. The molecule has 0 aliphatic heterocycles. The number of amides is 1. The van der Waals surface area contributed by atoms with Crippen molar-refractivity contribution in [3.8, 4) is 10.6 Å². The first-order chi connectivity index (χ1) is 12.7. The molecular weight excluding hydrogens is 342 g/mol. The fourth-order valence-corrected chi connectivity index (χ4v) is 3.63. The summed E-state index contributed by atoms with van der Waals surface area (Å²) in [5.41, 5.74) is 3.39. The van der Waals surface area contributed by atoms with Crippen LogP contribution in [-0.4, -0.2) is 27.8 Å². The summed E-state index contributed by atoms with van der Waals surface area (Å²) in [6, 6.07) is 17.6. The van der Waals surface area contributed by atoms with E-state index in [9.17, 15) is 4.79 Å². The van der Waals surface area contributed by atoms with Crippen LogP contribution < -0.4 is 0 Å². The number of carbonyl (C=O) groups is 1. The van der Waals surface area contributed by atoms with Gasteiger partial charge >= 0.3 is 0 Å². The standard InChI is InChI=1S/C21H17N3OS/c1-24(14-15-8-10-22-11-9-15)21(25)17-13-19(20-7-4-12-26-20)23-18-6-3-2-5-16(17)18/h2-13H,14H2,1H3. The monoisotopic (exact) mass is 359 g/mol. The van der Waals surface area contributed by atoms with Gasteiger partial charge in [-0.05, 0) is 41.3 Å². The molecule has 0 spiro atoms. The summed E-state index contributed by atoms with van der Waals surface area (Å²) in [4.78, 5) is 24.7. The first-order valence-electron chi connectivity index (χ1n) is 8.30. The van der Waals surface area contributed by atoms with Crippen LogP contribution in [0, 0.1) is 0 Å². The van der Waals surface area contributed by atoms with E-state index in [2.05, 4.69) is 4.98 Å². The predicted octanol–water partition coefficient (Wildman–Crippen LogP) is 4.63. The van der Waals surface area contributed by atoms with E-state index in [1.807, 2.05) is 67.0 Å². The number of pyridine rings is 2. The number of carbonyl (C=O) groups excluding carboxylic acids is 1. The van der Waals surface area contributed by atoms with Crippen LogP contribution in [0.1, 0.15) is 15.9 Å². The van der Waals surface area contributed by atoms with E-state index in [4.69, 9.17) is 4.98 Å². The van der Waals surface area contributed by atoms with Crippen LogP contribution in [0.4, 0.5) is 0 Å². The van der Waals surface area contributed by atoms with Crippen molar-refractivity contribution in [2.24, 2.45) is 0 Å². The molecular formula is C21H17N3OS. The van der Waals surface area contributed by atoms with Crippen LogP contribution in [0.15, 0.2) is 72.4 Å². The molecule has 4 rings (SSSR count). The summed E-state index contributed by atoms with van der Waals surface area (Å²) in [5.74, 6) is -0.0155. The molecule has 3 aromatic heterocycles. The smallest absolute Gasteiger partial charge is 0.254 e. The first-order valence-corrected chi connectivity index (χ1v) is 9.18. The number of thiophene rings is 1. The van der Waals surface area contributed by atoms with Gasteiger partial charge in [-0.15, -0.1) is 11.3 Å². The van der Waals surface area contributed by atoms with Gasteiger partial charge in [-0.25, -0.2) is 4.98 Å². The minimum atomic E-state index is -0.0155. The molecule has 0 unspecified atom stereocenters. The quantitative estimate of drug-likeness (QED) is 0.534. The van der Waals surface area contributed by atoms with Crippen molar-refractivity contribution in [3.63, 3.8) is 0 Å². The van der Waals surface area contributed by atoms with Gasteiger partial charge in [0, 0.05) is 31.4 Å². The molecule has 1 aromatic carbocycles. The zero-order chi connectivity index (χ0) is 17.9. The van der Waals surface area contributed by atoms with E-state index < -0.39 is 0 Å². The lowest BCUT2D eigenvalue weighted by molar-refractivity contribution is 0.0787. The van der Waals surface area contributed by atoms with E-state index in [-0.39, 0.29) is 5.91 Å². The van der Waals surface area contributed by atoms with E-state index in [1.165, 1.54) is 0 Å². The second-order valence-electron chi connectivity index (χ2n) is 6.07. The highest BCUT2D eigenvalue weighted by molar-refractivity contribution is 7.13. The third-order valence-corrected chi connectivity index (χ3v) is 5.13. The number of rotatable bonds is 4. The van der Waals surface area contributed by atoms with Crippen LogP contribution in [0.3, 0.4) is 0 Å². The highest BCUT2D eigenvalue weighted by Gasteiger charge is 2.18. The van der Waals surface area contributed by atoms with Gasteiger partial charge in [-0.1, -0.05) is 24.3 Å². The summed E-state index contributed by atoms with van der Waals surface area (Å²) >= 11 is 1.62. The van der Waals surface area contributed by atoms with Gasteiger partial charge in [0.1, 0.15) is 0 Å². The first kappa shape index (κ1) is 16.4. The molecule has 0 aliphatic rings. The Morgan fingerprint density at radius 2 is 1.88 bits per heavy atom. The van der Waals surface area contributed by atoms with Crippen molar-refractivity contribution in [2.45, 2.75) is 6.54 Å². The zero-order valence-electron chi connectivity index (χ0n) is 14.3. The highest BCUT2D eigenvalue weighted by Crippen LogP contribution is 2.28. The SMILES string of the molecule is CN(Cc1ccncc1)C(=O)c1cc(-c2cccs2)nc2ccccc12. The number of aromatic nitrogens is 2. The van der Waals surface area contributed by atoms with E-state index in [0.29, 0.717) is 12.1 Å². The van der Waals surface area contributed by atoms with Gasteiger partial charge in [0.15, 0.2) is 0 Å². The van der Waals surface area contributed by atoms with E-state index in [0.717, 1.165) is 27.0 Å². The van der Waals surface area contributed by atoms with Gasteiger partial charge in [-0.3, -0.25) is 9.78 Å². The van der Waals surface area contributed by atoms with Crippen LogP contribution in [0.25, 0.3) is 21.5 Å². The third-order valence-electron chi connectivity index (χ3n) is 4.24. The predicted molar refractivity (Wildman–Crippen MR) is 105 cm³/mol. The number of fused-ring (bicyclic) bond motifs is 1. The maximum atomic E-state index is 13.2. The van der Waals surface area contributed by atoms with Gasteiger partial charge in [-0.2, -0.15) is 0 Å². The summed E-state index contributed by atoms with van der Waals surface area (Å²) in [6.45, 7) is 0.534. The normalized spacial score (nSPS) is 10.8. The Bertz CT molecular complexity index is 1050. The Kier molecular flexibility index (Phi) is 4.46. The topological polar surface area (TPSA) is 46.1 Å². The van der Waals surface area contributed by atoms with Crippen LogP contribution in [0.5, 0.6) is 0 Å². The minimum Gasteiger partial charge on any atom is -0.337 e. The lowest BCUT2D eigenvalue weighted by Crippen LogP contribution is -2.26. The molecule has 4 aromatic rings. The maximum absolute atomic E-state index is 13.2. The lowest BCUT2D eigenvalue weighted by Gasteiger charge is -2.19. The number of hydrogen-bond donors (Lipinski definition) is 0. The van der Waals surface area contributed by atoms with Gasteiger partial charge in [0.05, 0.1) is 21.7 Å². The van der Waals surface area contributed by atoms with Gasteiger partial charge < -0.3 is 4.90 Å². The molecule has 0 bridgehead atoms. The molecule has 3 heterocycles. The molecule has 0 fully saturated rings. The fraction of sp³-hybridized carbons (Fsp3) is 0.0952. The van der Waals surface area contributed by atoms with E-state index >= 15 is 0 Å². The number of hydrogen-bond acceptors (Lipinski definition) is 4. The number of para-hydroxylation sites is 1. The molecule has 26 heavy (non-hydrogen) atoms. The van der Waals surface area contributed by atoms with Crippen molar-refractivity contribution < 1.29 is 4.79 Å². The highest BCUT2D eigenvalue weighted by atomic mass is 32.1. The molecule has 1 amide bonds. The Morgan fingerprint density at radius 3 is 2.65 bits per heavy atom. The van der Waals surface area contributed by atoms with Crippen molar-refractivity contribution in [2.75, 3.05) is 7.05 Å². The fourth-order valence-electron chi connectivity index (χ4n) is 2.94. The van der Waals surface area contributed by atoms with Crippen LogP contribution in [-0.2, 0) is 6.54 Å². The van der Waals surface area contributed by atoms with Crippen molar-refractivity contribution in [3.05, 3.63) is 83.5 Å². The number of nitrogens with zero attached hydrogens (tertiary/aromatic N) is 3. The molecule has 4 nitrogen and oxygen atoms in total. The van der Waals surface area contributed by atoms with Gasteiger partial charge in [0.25, 0.3) is 5.91 Å². The average molecular weight is 359 g/mol. The lowest BCUT2D eigenvalue weighted by atomic mass is 10.1. The summed E-state index contributed by atoms with van der Waals surface area (Å²) in [5, 5.41) is 2.89. The van der Waals surface area contributed by atoms with Gasteiger partial charge in [0.2, 0.25) is 0 Å². The molecule has 5 heteroatoms. The molecule has 0 atom stereocenters. The molecule has 0 saturated heterocycles. The molecule has 0 N–H and O–H groups in total. The van der Waals surface area contributed by atoms with Crippen LogP contribution >= 0.6 is 11.3 Å². The minimum absolute atomic E-state index is 0.0155. The maximum Gasteiger partial charge on any atom is 0.254 e.